The third kappa shape index (κ3) is 3.48. The van der Waals surface area contributed by atoms with Crippen molar-refractivity contribution in [3.05, 3.63) is 71.0 Å². The van der Waals surface area contributed by atoms with Crippen LogP contribution >= 0.6 is 0 Å². The highest BCUT2D eigenvalue weighted by Gasteiger charge is 2.39. The fourth-order valence-corrected chi connectivity index (χ4v) is 3.97. The molecule has 1 saturated heterocycles. The predicted octanol–water partition coefficient (Wildman–Crippen LogP) is 1.78. The Morgan fingerprint density at radius 3 is 2.67 bits per heavy atom. The Morgan fingerprint density at radius 2 is 1.93 bits per heavy atom. The molecule has 2 heterocycles. The molecule has 5 nitrogen and oxygen atoms in total. The normalized spacial score (nSPS) is 27.9. The zero-order valence-corrected chi connectivity index (χ0v) is 14.9. The molecule has 0 saturated carbocycles. The van der Waals surface area contributed by atoms with E-state index in [1.807, 2.05) is 18.2 Å². The van der Waals surface area contributed by atoms with Gasteiger partial charge in [-0.2, -0.15) is 0 Å². The quantitative estimate of drug-likeness (QED) is 0.845. The van der Waals surface area contributed by atoms with Crippen LogP contribution < -0.4 is 5.73 Å². The average Bonchev–Trinajstić information content (AvgIpc) is 2.69. The largest absolute Gasteiger partial charge is 0.391 e. The fraction of sp³-hybridized carbons (Fsp3) is 0.381. The monoisotopic (exact) mass is 370 g/mol. The molecule has 3 N–H and O–H groups in total. The number of carbonyl (C=O) groups excluding carboxylic acids is 1. The highest BCUT2D eigenvalue weighted by Crippen LogP contribution is 2.36. The smallest absolute Gasteiger partial charge is 0.252 e. The van der Waals surface area contributed by atoms with E-state index in [1.54, 1.807) is 17.0 Å². The Morgan fingerprint density at radius 1 is 1.19 bits per heavy atom. The van der Waals surface area contributed by atoms with Crippen molar-refractivity contribution in [2.75, 3.05) is 13.2 Å². The van der Waals surface area contributed by atoms with E-state index in [9.17, 15) is 14.3 Å². The van der Waals surface area contributed by atoms with Gasteiger partial charge >= 0.3 is 0 Å². The fourth-order valence-electron chi connectivity index (χ4n) is 3.97. The summed E-state index contributed by atoms with van der Waals surface area (Å²) in [6.45, 7) is 0.698. The second-order valence-electron chi connectivity index (χ2n) is 7.22. The lowest BCUT2D eigenvalue weighted by atomic mass is 9.87. The first-order valence-corrected chi connectivity index (χ1v) is 9.23. The van der Waals surface area contributed by atoms with E-state index in [1.165, 1.54) is 17.7 Å². The molecule has 0 unspecified atom stereocenters. The topological polar surface area (TPSA) is 75.8 Å². The zero-order valence-electron chi connectivity index (χ0n) is 14.9. The van der Waals surface area contributed by atoms with Crippen molar-refractivity contribution in [3.63, 3.8) is 0 Å². The molecule has 0 radical (unpaired) electrons. The lowest BCUT2D eigenvalue weighted by Crippen LogP contribution is -2.53. The molecule has 2 aliphatic rings. The van der Waals surface area contributed by atoms with Gasteiger partial charge in [0.15, 0.2) is 0 Å². The van der Waals surface area contributed by atoms with Gasteiger partial charge in [-0.05, 0) is 35.2 Å². The molecule has 0 aliphatic carbocycles. The molecular weight excluding hydrogens is 347 g/mol. The molecule has 2 aromatic rings. The van der Waals surface area contributed by atoms with Crippen molar-refractivity contribution >= 4 is 5.91 Å². The first kappa shape index (κ1) is 18.1. The van der Waals surface area contributed by atoms with Crippen LogP contribution in [0.2, 0.25) is 0 Å². The minimum Gasteiger partial charge on any atom is -0.391 e. The summed E-state index contributed by atoms with van der Waals surface area (Å²) in [6.07, 6.45) is -0.537. The van der Waals surface area contributed by atoms with Gasteiger partial charge in [0.1, 0.15) is 11.9 Å². The van der Waals surface area contributed by atoms with Crippen LogP contribution in [-0.4, -0.2) is 47.3 Å². The van der Waals surface area contributed by atoms with Crippen LogP contribution in [0.3, 0.4) is 0 Å². The number of amides is 1. The highest BCUT2D eigenvalue weighted by molar-refractivity contribution is 5.82. The van der Waals surface area contributed by atoms with Crippen molar-refractivity contribution < 1.29 is 19.0 Å². The maximum atomic E-state index is 13.4. The second-order valence-corrected chi connectivity index (χ2v) is 7.22. The van der Waals surface area contributed by atoms with Crippen molar-refractivity contribution in [2.45, 2.75) is 37.1 Å². The average molecular weight is 370 g/mol. The lowest BCUT2D eigenvalue weighted by molar-refractivity contribution is -0.154. The Balaban J connectivity index is 1.68. The summed E-state index contributed by atoms with van der Waals surface area (Å²) in [5.41, 5.74) is 8.85. The molecule has 0 spiro atoms. The summed E-state index contributed by atoms with van der Waals surface area (Å²) in [5, 5.41) is 10.0. The Bertz CT molecular complexity index is 826. The molecule has 1 amide bonds. The number of rotatable bonds is 2. The number of carbonyl (C=O) groups is 1. The SMILES string of the molecule is N[C@@H]1CO[C@@H](C(=O)N2CCc3ccccc3[C@@H]2c2ccc(F)cc2)C[C@@H]1O. The summed E-state index contributed by atoms with van der Waals surface area (Å²) < 4.78 is 19.1. The summed E-state index contributed by atoms with van der Waals surface area (Å²) >= 11 is 0. The number of aliphatic hydroxyl groups excluding tert-OH is 1. The number of fused-ring (bicyclic) bond motifs is 1. The van der Waals surface area contributed by atoms with E-state index in [0.717, 1.165) is 17.5 Å². The van der Waals surface area contributed by atoms with Crippen LogP contribution in [0.4, 0.5) is 4.39 Å². The Labute approximate surface area is 157 Å². The highest BCUT2D eigenvalue weighted by atomic mass is 19.1. The van der Waals surface area contributed by atoms with Crippen molar-refractivity contribution in [3.8, 4) is 0 Å². The van der Waals surface area contributed by atoms with E-state index in [0.29, 0.717) is 6.54 Å². The van der Waals surface area contributed by atoms with Gasteiger partial charge < -0.3 is 20.5 Å². The third-order valence-electron chi connectivity index (χ3n) is 5.47. The van der Waals surface area contributed by atoms with Crippen molar-refractivity contribution in [2.24, 2.45) is 5.73 Å². The molecule has 4 rings (SSSR count). The van der Waals surface area contributed by atoms with Gasteiger partial charge in [-0.15, -0.1) is 0 Å². The molecule has 2 aromatic carbocycles. The second kappa shape index (κ2) is 7.38. The minimum atomic E-state index is -0.756. The molecule has 142 valence electrons. The van der Waals surface area contributed by atoms with E-state index in [-0.39, 0.29) is 30.8 Å². The number of benzene rings is 2. The minimum absolute atomic E-state index is 0.156. The Kier molecular flexibility index (Phi) is 4.95. The lowest BCUT2D eigenvalue weighted by Gasteiger charge is -2.41. The zero-order chi connectivity index (χ0) is 19.0. The van der Waals surface area contributed by atoms with E-state index in [2.05, 4.69) is 6.07 Å². The first-order valence-electron chi connectivity index (χ1n) is 9.23. The number of halogens is 1. The van der Waals surface area contributed by atoms with Crippen molar-refractivity contribution in [1.82, 2.24) is 4.90 Å². The predicted molar refractivity (Wildman–Crippen MR) is 98.4 cm³/mol. The van der Waals surface area contributed by atoms with E-state index >= 15 is 0 Å². The van der Waals surface area contributed by atoms with Gasteiger partial charge in [-0.3, -0.25) is 4.79 Å². The molecule has 1 fully saturated rings. The van der Waals surface area contributed by atoms with Crippen LogP contribution in [0.15, 0.2) is 48.5 Å². The summed E-state index contributed by atoms with van der Waals surface area (Å²) in [5.74, 6) is -0.474. The van der Waals surface area contributed by atoms with Gasteiger partial charge in [0.2, 0.25) is 0 Å². The number of hydrogen-bond donors (Lipinski definition) is 2. The van der Waals surface area contributed by atoms with Crippen LogP contribution in [0.25, 0.3) is 0 Å². The molecule has 0 bridgehead atoms. The van der Waals surface area contributed by atoms with Crippen LogP contribution in [0.1, 0.15) is 29.2 Å². The maximum absolute atomic E-state index is 13.4. The van der Waals surface area contributed by atoms with Crippen LogP contribution in [0.5, 0.6) is 0 Å². The number of hydrogen-bond acceptors (Lipinski definition) is 4. The van der Waals surface area contributed by atoms with Gasteiger partial charge in [-0.25, -0.2) is 4.39 Å². The van der Waals surface area contributed by atoms with Gasteiger partial charge in [0.05, 0.1) is 24.8 Å². The molecule has 6 heteroatoms. The van der Waals surface area contributed by atoms with Gasteiger partial charge in [-0.1, -0.05) is 36.4 Å². The maximum Gasteiger partial charge on any atom is 0.252 e. The van der Waals surface area contributed by atoms with Gasteiger partial charge in [0, 0.05) is 13.0 Å². The molecule has 2 aliphatic heterocycles. The number of ether oxygens (including phenoxy) is 1. The molecular formula is C21H23FN2O3. The first-order chi connectivity index (χ1) is 13.0. The summed E-state index contributed by atoms with van der Waals surface area (Å²) in [7, 11) is 0. The summed E-state index contributed by atoms with van der Waals surface area (Å²) in [6, 6.07) is 13.5. The third-order valence-corrected chi connectivity index (χ3v) is 5.47. The van der Waals surface area contributed by atoms with E-state index < -0.39 is 18.2 Å². The number of nitrogens with two attached hydrogens (primary N) is 1. The number of nitrogens with zero attached hydrogens (tertiary/aromatic N) is 1. The van der Waals surface area contributed by atoms with Gasteiger partial charge in [0.25, 0.3) is 5.91 Å². The van der Waals surface area contributed by atoms with E-state index in [4.69, 9.17) is 10.5 Å². The summed E-state index contributed by atoms with van der Waals surface area (Å²) in [4.78, 5) is 15.0. The molecule has 0 aromatic heterocycles. The standard InChI is InChI=1S/C21H23FN2O3/c22-15-7-5-14(6-8-15)20-16-4-2-1-3-13(16)9-10-24(20)21(26)19-11-18(25)17(23)12-27-19/h1-8,17-20,25H,9-12,23H2/t17-,18+,19-,20+/m1/s1. The molecule has 4 atom stereocenters. The van der Waals surface area contributed by atoms with Crippen molar-refractivity contribution in [1.29, 1.82) is 0 Å². The van der Waals surface area contributed by atoms with Crippen LogP contribution in [0, 0.1) is 5.82 Å². The molecule has 27 heavy (non-hydrogen) atoms. The van der Waals surface area contributed by atoms with Crippen LogP contribution in [-0.2, 0) is 16.0 Å². The Hall–Kier alpha value is -2.28. The number of aliphatic hydroxyl groups is 1.